The van der Waals surface area contributed by atoms with E-state index in [0.29, 0.717) is 18.8 Å². The predicted molar refractivity (Wildman–Crippen MR) is 79.3 cm³/mol. The lowest BCUT2D eigenvalue weighted by Gasteiger charge is -2.17. The maximum absolute atomic E-state index is 11.0. The van der Waals surface area contributed by atoms with E-state index in [1.165, 1.54) is 6.07 Å². The lowest BCUT2D eigenvalue weighted by atomic mass is 10.1. The number of nitrogens with two attached hydrogens (primary N) is 1. The number of nitrogens with one attached hydrogen (secondary N) is 1. The van der Waals surface area contributed by atoms with E-state index in [2.05, 4.69) is 10.5 Å². The number of anilines is 1. The fourth-order valence-corrected chi connectivity index (χ4v) is 2.25. The zero-order valence-corrected chi connectivity index (χ0v) is 12.0. The Kier molecular flexibility index (Phi) is 4.51. The molecule has 0 unspecified atom stereocenters. The summed E-state index contributed by atoms with van der Waals surface area (Å²) in [6.45, 7) is 1.23. The highest BCUT2D eigenvalue weighted by atomic mass is 16.6. The fourth-order valence-electron chi connectivity index (χ4n) is 2.25. The summed E-state index contributed by atoms with van der Waals surface area (Å²) in [5, 5.41) is 15.1. The highest BCUT2D eigenvalue weighted by Crippen LogP contribution is 2.28. The Morgan fingerprint density at radius 1 is 1.48 bits per heavy atom. The van der Waals surface area contributed by atoms with Crippen molar-refractivity contribution in [3.63, 3.8) is 0 Å². The van der Waals surface area contributed by atoms with Crippen molar-refractivity contribution in [2.75, 3.05) is 12.5 Å². The molecule has 0 radical (unpaired) electrons. The fraction of sp³-hybridized carbons (Fsp3) is 0.308. The zero-order chi connectivity index (χ0) is 15.4. The van der Waals surface area contributed by atoms with E-state index < -0.39 is 4.92 Å². The largest absolute Gasteiger partial charge is 0.318 e. The highest BCUT2D eigenvalue weighted by molar-refractivity contribution is 5.65. The summed E-state index contributed by atoms with van der Waals surface area (Å²) < 4.78 is 1.74. The van der Waals surface area contributed by atoms with Crippen molar-refractivity contribution < 1.29 is 4.92 Å². The Morgan fingerprint density at radius 2 is 2.24 bits per heavy atom. The minimum atomic E-state index is -0.445. The number of aryl methyl sites for hydroxylation is 1. The number of para-hydroxylation sites is 1. The van der Waals surface area contributed by atoms with Gasteiger partial charge in [-0.2, -0.15) is 5.10 Å². The van der Waals surface area contributed by atoms with Crippen molar-refractivity contribution in [2.24, 2.45) is 12.9 Å². The Labute approximate surface area is 122 Å². The van der Waals surface area contributed by atoms with Gasteiger partial charge in [0.05, 0.1) is 11.1 Å². The van der Waals surface area contributed by atoms with Crippen LogP contribution < -0.4 is 11.3 Å². The average molecular weight is 290 g/mol. The van der Waals surface area contributed by atoms with Crippen LogP contribution in [0.1, 0.15) is 11.1 Å². The van der Waals surface area contributed by atoms with Crippen LogP contribution in [-0.4, -0.2) is 26.7 Å². The molecule has 2 rings (SSSR count). The maximum atomic E-state index is 11.0. The van der Waals surface area contributed by atoms with Gasteiger partial charge >= 0.3 is 0 Å². The molecule has 1 aromatic heterocycles. The van der Waals surface area contributed by atoms with Gasteiger partial charge in [-0.1, -0.05) is 12.1 Å². The number of hydrogen-bond donors (Lipinski definition) is 2. The van der Waals surface area contributed by atoms with Crippen molar-refractivity contribution in [3.05, 3.63) is 51.8 Å². The first-order valence-electron chi connectivity index (χ1n) is 6.40. The quantitative estimate of drug-likeness (QED) is 0.471. The van der Waals surface area contributed by atoms with Gasteiger partial charge in [0, 0.05) is 38.0 Å². The number of hydrogen-bond acceptors (Lipinski definition) is 6. The van der Waals surface area contributed by atoms with E-state index in [1.54, 1.807) is 16.9 Å². The minimum Gasteiger partial charge on any atom is -0.318 e. The lowest BCUT2D eigenvalue weighted by molar-refractivity contribution is -0.384. The third-order valence-electron chi connectivity index (χ3n) is 3.12. The molecule has 0 aliphatic carbocycles. The highest BCUT2D eigenvalue weighted by Gasteiger charge is 2.17. The minimum absolute atomic E-state index is 0.0234. The molecule has 0 saturated heterocycles. The first kappa shape index (κ1) is 14.9. The Morgan fingerprint density at radius 3 is 2.81 bits per heavy atom. The number of aromatic nitrogens is 2. The molecular formula is C13H18N6O2. The number of nitrogens with zero attached hydrogens (tertiary/aromatic N) is 4. The molecule has 2 aromatic rings. The molecule has 0 fully saturated rings. The summed E-state index contributed by atoms with van der Waals surface area (Å²) in [6.07, 6.45) is 3.73. The third kappa shape index (κ3) is 3.56. The molecule has 8 nitrogen and oxygen atoms in total. The SMILES string of the molecule is CN(Cc1cnn(C)c1)Cc1cccc([N+](=O)[O-])c1NN. The number of hydrazine groups is 1. The van der Waals surface area contributed by atoms with Crippen LogP contribution in [0.15, 0.2) is 30.6 Å². The molecule has 1 heterocycles. The Hall–Kier alpha value is -2.45. The van der Waals surface area contributed by atoms with E-state index in [9.17, 15) is 10.1 Å². The number of rotatable bonds is 6. The summed E-state index contributed by atoms with van der Waals surface area (Å²) in [4.78, 5) is 12.6. The van der Waals surface area contributed by atoms with Gasteiger partial charge in [-0.05, 0) is 12.6 Å². The molecule has 112 valence electrons. The van der Waals surface area contributed by atoms with E-state index in [4.69, 9.17) is 5.84 Å². The van der Waals surface area contributed by atoms with Gasteiger partial charge in [-0.15, -0.1) is 0 Å². The zero-order valence-electron chi connectivity index (χ0n) is 12.0. The monoisotopic (exact) mass is 290 g/mol. The molecule has 0 spiro atoms. The summed E-state index contributed by atoms with van der Waals surface area (Å²) >= 11 is 0. The molecule has 0 bridgehead atoms. The smallest absolute Gasteiger partial charge is 0.293 e. The van der Waals surface area contributed by atoms with Gasteiger partial charge in [0.15, 0.2) is 0 Å². The molecule has 3 N–H and O–H groups in total. The standard InChI is InChI=1S/C13H18N6O2/c1-17(7-10-6-15-18(2)8-10)9-11-4-3-5-12(19(20)21)13(11)16-14/h3-6,8,16H,7,9,14H2,1-2H3. The van der Waals surface area contributed by atoms with Gasteiger partial charge in [0.2, 0.25) is 0 Å². The van der Waals surface area contributed by atoms with Crippen molar-refractivity contribution in [1.82, 2.24) is 14.7 Å². The van der Waals surface area contributed by atoms with Crippen LogP contribution in [0.4, 0.5) is 11.4 Å². The molecule has 0 aliphatic heterocycles. The predicted octanol–water partition coefficient (Wildman–Crippen LogP) is 1.25. The van der Waals surface area contributed by atoms with Gasteiger partial charge in [0.1, 0.15) is 5.69 Å². The van der Waals surface area contributed by atoms with Crippen molar-refractivity contribution in [3.8, 4) is 0 Å². The molecule has 0 atom stereocenters. The van der Waals surface area contributed by atoms with E-state index in [1.807, 2.05) is 31.3 Å². The molecule has 0 saturated carbocycles. The molecule has 1 aromatic carbocycles. The van der Waals surface area contributed by atoms with Crippen LogP contribution in [0.25, 0.3) is 0 Å². The van der Waals surface area contributed by atoms with Crippen molar-refractivity contribution in [2.45, 2.75) is 13.1 Å². The number of nitrogen functional groups attached to an aromatic ring is 1. The maximum Gasteiger partial charge on any atom is 0.293 e. The first-order valence-corrected chi connectivity index (χ1v) is 6.40. The Balaban J connectivity index is 2.15. The van der Waals surface area contributed by atoms with Crippen LogP contribution >= 0.6 is 0 Å². The van der Waals surface area contributed by atoms with E-state index in [-0.39, 0.29) is 5.69 Å². The normalized spacial score (nSPS) is 10.9. The number of nitro benzene ring substituents is 1. The van der Waals surface area contributed by atoms with Crippen molar-refractivity contribution >= 4 is 11.4 Å². The van der Waals surface area contributed by atoms with Gasteiger partial charge in [-0.3, -0.25) is 25.5 Å². The lowest BCUT2D eigenvalue weighted by Crippen LogP contribution is -2.19. The number of benzene rings is 1. The van der Waals surface area contributed by atoms with Crippen LogP contribution in [0.3, 0.4) is 0 Å². The van der Waals surface area contributed by atoms with Crippen LogP contribution in [0.2, 0.25) is 0 Å². The number of nitro groups is 1. The van der Waals surface area contributed by atoms with Crippen LogP contribution in [0.5, 0.6) is 0 Å². The van der Waals surface area contributed by atoms with Crippen LogP contribution in [0, 0.1) is 10.1 Å². The topological polar surface area (TPSA) is 102 Å². The molecule has 0 amide bonds. The van der Waals surface area contributed by atoms with Crippen LogP contribution in [-0.2, 0) is 20.1 Å². The third-order valence-corrected chi connectivity index (χ3v) is 3.12. The Bertz CT molecular complexity index is 639. The van der Waals surface area contributed by atoms with Gasteiger partial charge in [-0.25, -0.2) is 0 Å². The summed E-state index contributed by atoms with van der Waals surface area (Å²) in [6, 6.07) is 4.91. The molecule has 21 heavy (non-hydrogen) atoms. The summed E-state index contributed by atoms with van der Waals surface area (Å²) in [7, 11) is 3.80. The van der Waals surface area contributed by atoms with E-state index >= 15 is 0 Å². The average Bonchev–Trinajstić information content (AvgIpc) is 2.83. The summed E-state index contributed by atoms with van der Waals surface area (Å²) in [5.41, 5.74) is 4.61. The molecule has 8 heteroatoms. The second kappa shape index (κ2) is 6.33. The second-order valence-corrected chi connectivity index (χ2v) is 4.91. The van der Waals surface area contributed by atoms with Gasteiger partial charge < -0.3 is 5.43 Å². The second-order valence-electron chi connectivity index (χ2n) is 4.91. The molecular weight excluding hydrogens is 272 g/mol. The van der Waals surface area contributed by atoms with E-state index in [0.717, 1.165) is 11.1 Å². The first-order chi connectivity index (χ1) is 10.0. The molecule has 0 aliphatic rings. The summed E-state index contributed by atoms with van der Waals surface area (Å²) in [5.74, 6) is 5.43. The van der Waals surface area contributed by atoms with Gasteiger partial charge in [0.25, 0.3) is 5.69 Å². The van der Waals surface area contributed by atoms with Crippen molar-refractivity contribution in [1.29, 1.82) is 0 Å².